The van der Waals surface area contributed by atoms with E-state index in [0.29, 0.717) is 11.8 Å². The third-order valence-corrected chi connectivity index (χ3v) is 7.22. The smallest absolute Gasteiger partial charge is 0.115 e. The van der Waals surface area contributed by atoms with Crippen LogP contribution >= 0.6 is 0 Å². The number of phenols is 1. The minimum absolute atomic E-state index is 0.183. The molecule has 132 valence electrons. The van der Waals surface area contributed by atoms with Crippen molar-refractivity contribution in [3.8, 4) is 5.75 Å². The fraction of sp³-hybridized carbons (Fsp3) is 0.478. The quantitative estimate of drug-likeness (QED) is 0.889. The molecule has 2 aromatic carbocycles. The fourth-order valence-electron chi connectivity index (χ4n) is 5.22. The van der Waals surface area contributed by atoms with E-state index in [1.165, 1.54) is 23.1 Å². The molecule has 0 radical (unpaired) electrons. The fourth-order valence-corrected chi connectivity index (χ4v) is 5.22. The van der Waals surface area contributed by atoms with Crippen LogP contribution in [0.1, 0.15) is 43.9 Å². The van der Waals surface area contributed by atoms with Crippen molar-refractivity contribution < 1.29 is 5.11 Å². The van der Waals surface area contributed by atoms with Crippen LogP contribution in [0.3, 0.4) is 0 Å². The second-order valence-corrected chi connectivity index (χ2v) is 8.64. The van der Waals surface area contributed by atoms with Gasteiger partial charge in [-0.3, -0.25) is 4.90 Å². The van der Waals surface area contributed by atoms with Gasteiger partial charge in [0.05, 0.1) is 0 Å². The van der Waals surface area contributed by atoms with Crippen molar-refractivity contribution >= 4 is 0 Å². The van der Waals surface area contributed by atoms with Crippen molar-refractivity contribution in [3.63, 3.8) is 0 Å². The molecule has 2 nitrogen and oxygen atoms in total. The van der Waals surface area contributed by atoms with Crippen molar-refractivity contribution in [2.24, 2.45) is 5.41 Å². The van der Waals surface area contributed by atoms with Crippen LogP contribution in [-0.4, -0.2) is 29.1 Å². The number of hydrogen-bond acceptors (Lipinski definition) is 2. The maximum atomic E-state index is 9.97. The number of benzene rings is 2. The third kappa shape index (κ3) is 2.58. The van der Waals surface area contributed by atoms with Gasteiger partial charge in [-0.05, 0) is 60.0 Å². The van der Waals surface area contributed by atoms with E-state index < -0.39 is 0 Å². The first-order valence-corrected chi connectivity index (χ1v) is 9.52. The number of rotatable bonds is 3. The van der Waals surface area contributed by atoms with E-state index in [-0.39, 0.29) is 10.8 Å². The van der Waals surface area contributed by atoms with Crippen LogP contribution in [0.25, 0.3) is 0 Å². The number of piperidine rings is 1. The Bertz CT molecular complexity index is 767. The summed E-state index contributed by atoms with van der Waals surface area (Å²) in [6.45, 7) is 9.61. The highest BCUT2D eigenvalue weighted by molar-refractivity contribution is 5.45. The lowest BCUT2D eigenvalue weighted by molar-refractivity contribution is -0.0372. The summed E-state index contributed by atoms with van der Waals surface area (Å²) >= 11 is 0. The van der Waals surface area contributed by atoms with E-state index >= 15 is 0 Å². The van der Waals surface area contributed by atoms with Crippen molar-refractivity contribution in [1.82, 2.24) is 4.90 Å². The molecule has 1 aliphatic heterocycles. The Morgan fingerprint density at radius 3 is 2.60 bits per heavy atom. The first-order chi connectivity index (χ1) is 11.9. The first-order valence-electron chi connectivity index (χ1n) is 9.52. The van der Waals surface area contributed by atoms with Gasteiger partial charge in [0.15, 0.2) is 0 Å². The monoisotopic (exact) mass is 335 g/mol. The number of phenolic OH excluding ortho intramolecular Hbond substituents is 1. The molecule has 0 aromatic heterocycles. The largest absolute Gasteiger partial charge is 0.508 e. The molecule has 1 fully saturated rings. The van der Waals surface area contributed by atoms with Crippen molar-refractivity contribution in [3.05, 3.63) is 65.2 Å². The van der Waals surface area contributed by atoms with Crippen LogP contribution in [0, 0.1) is 5.41 Å². The summed E-state index contributed by atoms with van der Waals surface area (Å²) in [7, 11) is 0. The predicted octanol–water partition coefficient (Wildman–Crippen LogP) is 4.55. The summed E-state index contributed by atoms with van der Waals surface area (Å²) in [6.07, 6.45) is 3.33. The molecule has 2 bridgehead atoms. The molecule has 25 heavy (non-hydrogen) atoms. The van der Waals surface area contributed by atoms with Gasteiger partial charge in [0, 0.05) is 18.0 Å². The third-order valence-electron chi connectivity index (χ3n) is 7.22. The number of nitrogens with zero attached hydrogens (tertiary/aromatic N) is 1. The standard InChI is InChI=1S/C23H29NO/c1-22(2)21-16-18-15-19(25)9-10-20(18)23(22,3)12-14-24(21)13-11-17-7-5-4-6-8-17/h4-10,15,21,25H,11-14,16H2,1-3H3/t21-,23+/m1/s1. The van der Waals surface area contributed by atoms with E-state index in [1.807, 2.05) is 12.1 Å². The van der Waals surface area contributed by atoms with Gasteiger partial charge in [-0.25, -0.2) is 0 Å². The molecular weight excluding hydrogens is 306 g/mol. The maximum absolute atomic E-state index is 9.97. The average molecular weight is 335 g/mol. The van der Waals surface area contributed by atoms with E-state index in [0.717, 1.165) is 25.9 Å². The normalized spacial score (nSPS) is 27.7. The summed E-state index contributed by atoms with van der Waals surface area (Å²) in [5, 5.41) is 9.97. The Kier molecular flexibility index (Phi) is 3.92. The molecule has 0 unspecified atom stereocenters. The summed E-state index contributed by atoms with van der Waals surface area (Å²) < 4.78 is 0. The zero-order chi connectivity index (χ0) is 17.7. The lowest BCUT2D eigenvalue weighted by Gasteiger charge is -2.61. The molecule has 2 heteroatoms. The maximum Gasteiger partial charge on any atom is 0.115 e. The highest BCUT2D eigenvalue weighted by Gasteiger charge is 2.55. The van der Waals surface area contributed by atoms with Gasteiger partial charge >= 0.3 is 0 Å². The van der Waals surface area contributed by atoms with Gasteiger partial charge in [0.2, 0.25) is 0 Å². The van der Waals surface area contributed by atoms with Crippen LogP contribution in [-0.2, 0) is 18.3 Å². The topological polar surface area (TPSA) is 23.5 Å². The van der Waals surface area contributed by atoms with Crippen molar-refractivity contribution in [1.29, 1.82) is 0 Å². The molecule has 1 heterocycles. The van der Waals surface area contributed by atoms with Crippen LogP contribution in [0.5, 0.6) is 5.75 Å². The molecule has 1 saturated heterocycles. The van der Waals surface area contributed by atoms with Crippen LogP contribution in [0.2, 0.25) is 0 Å². The Balaban J connectivity index is 1.63. The van der Waals surface area contributed by atoms with Gasteiger partial charge < -0.3 is 5.11 Å². The summed E-state index contributed by atoms with van der Waals surface area (Å²) in [4.78, 5) is 2.70. The van der Waals surface area contributed by atoms with E-state index in [1.54, 1.807) is 0 Å². The van der Waals surface area contributed by atoms with Gasteiger partial charge in [-0.2, -0.15) is 0 Å². The molecule has 2 aromatic rings. The Labute approximate surface area is 151 Å². The van der Waals surface area contributed by atoms with E-state index in [4.69, 9.17) is 0 Å². The number of likely N-dealkylation sites (tertiary alicyclic amines) is 1. The van der Waals surface area contributed by atoms with Crippen molar-refractivity contribution in [2.75, 3.05) is 13.1 Å². The minimum Gasteiger partial charge on any atom is -0.508 e. The van der Waals surface area contributed by atoms with Crippen molar-refractivity contribution in [2.45, 2.75) is 51.5 Å². The second-order valence-electron chi connectivity index (χ2n) is 8.64. The SMILES string of the molecule is CC1(C)[C@H]2Cc3cc(O)ccc3[C@]1(C)CCN2CCc1ccccc1. The zero-order valence-corrected chi connectivity index (χ0v) is 15.6. The number of fused-ring (bicyclic) bond motifs is 4. The lowest BCUT2D eigenvalue weighted by Crippen LogP contribution is -2.63. The number of aromatic hydroxyl groups is 1. The van der Waals surface area contributed by atoms with E-state index in [9.17, 15) is 5.11 Å². The molecule has 0 saturated carbocycles. The summed E-state index contributed by atoms with van der Waals surface area (Å²) in [6, 6.07) is 17.4. The molecule has 0 spiro atoms. The van der Waals surface area contributed by atoms with Crippen LogP contribution in [0.15, 0.2) is 48.5 Å². The second kappa shape index (κ2) is 5.88. The Hall–Kier alpha value is -1.80. The minimum atomic E-state index is 0.183. The molecule has 2 atom stereocenters. The van der Waals surface area contributed by atoms with Gasteiger partial charge in [-0.1, -0.05) is 57.2 Å². The molecule has 1 aliphatic carbocycles. The first kappa shape index (κ1) is 16.7. The highest BCUT2D eigenvalue weighted by Crippen LogP contribution is 2.56. The van der Waals surface area contributed by atoms with Crippen LogP contribution < -0.4 is 0 Å². The van der Waals surface area contributed by atoms with Gasteiger partial charge in [0.25, 0.3) is 0 Å². The molecule has 2 aliphatic rings. The highest BCUT2D eigenvalue weighted by atomic mass is 16.3. The lowest BCUT2D eigenvalue weighted by atomic mass is 9.51. The predicted molar refractivity (Wildman–Crippen MR) is 103 cm³/mol. The molecular formula is C23H29NO. The van der Waals surface area contributed by atoms with Gasteiger partial charge in [-0.15, -0.1) is 0 Å². The molecule has 4 rings (SSSR count). The molecule has 0 amide bonds. The Morgan fingerprint density at radius 2 is 1.84 bits per heavy atom. The molecule has 1 N–H and O–H groups in total. The summed E-state index contributed by atoms with van der Waals surface area (Å²) in [5.41, 5.74) is 4.63. The van der Waals surface area contributed by atoms with E-state index in [2.05, 4.69) is 62.1 Å². The van der Waals surface area contributed by atoms with Crippen LogP contribution in [0.4, 0.5) is 0 Å². The number of hydrogen-bond donors (Lipinski definition) is 1. The average Bonchev–Trinajstić information content (AvgIpc) is 2.58. The Morgan fingerprint density at radius 1 is 1.08 bits per heavy atom. The zero-order valence-electron chi connectivity index (χ0n) is 15.6. The summed E-state index contributed by atoms with van der Waals surface area (Å²) in [5.74, 6) is 0.399. The van der Waals surface area contributed by atoms with Gasteiger partial charge in [0.1, 0.15) is 5.75 Å².